The molecule has 0 fully saturated rings. The van der Waals surface area contributed by atoms with Crippen LogP contribution in [0.1, 0.15) is 18.9 Å². The smallest absolute Gasteiger partial charge is 0.277 e. The number of rotatable bonds is 8. The number of hydrazone groups is 1. The first-order valence-electron chi connectivity index (χ1n) is 9.03. The zero-order valence-electron chi connectivity index (χ0n) is 17.0. The van der Waals surface area contributed by atoms with E-state index in [1.807, 2.05) is 62.3 Å². The van der Waals surface area contributed by atoms with Gasteiger partial charge in [-0.1, -0.05) is 15.9 Å². The summed E-state index contributed by atoms with van der Waals surface area (Å²) in [7, 11) is 3.90. The van der Waals surface area contributed by atoms with Gasteiger partial charge in [0.05, 0.1) is 6.42 Å². The maximum absolute atomic E-state index is 12.1. The summed E-state index contributed by atoms with van der Waals surface area (Å²) in [4.78, 5) is 26.0. The Bertz CT molecular complexity index is 895. The van der Waals surface area contributed by atoms with Gasteiger partial charge in [-0.3, -0.25) is 9.59 Å². The van der Waals surface area contributed by atoms with Gasteiger partial charge in [0, 0.05) is 35.7 Å². The van der Waals surface area contributed by atoms with Crippen LogP contribution in [0.25, 0.3) is 0 Å². The van der Waals surface area contributed by atoms with E-state index >= 15 is 0 Å². The van der Waals surface area contributed by atoms with Gasteiger partial charge in [0.1, 0.15) is 5.75 Å². The third kappa shape index (κ3) is 7.57. The Kier molecular flexibility index (Phi) is 8.21. The second-order valence-corrected chi connectivity index (χ2v) is 7.60. The highest BCUT2D eigenvalue weighted by atomic mass is 79.9. The molecule has 0 aliphatic heterocycles. The van der Waals surface area contributed by atoms with E-state index in [4.69, 9.17) is 4.74 Å². The fraction of sp³-hybridized carbons (Fsp3) is 0.286. The lowest BCUT2D eigenvalue weighted by Crippen LogP contribution is -2.26. The number of ether oxygens (including phenoxy) is 1. The fourth-order valence-electron chi connectivity index (χ4n) is 2.37. The first-order chi connectivity index (χ1) is 13.7. The summed E-state index contributed by atoms with van der Waals surface area (Å²) in [5, 5.41) is 6.75. The van der Waals surface area contributed by atoms with Crippen molar-refractivity contribution in [1.29, 1.82) is 0 Å². The van der Waals surface area contributed by atoms with E-state index in [0.29, 0.717) is 17.1 Å². The van der Waals surface area contributed by atoms with Crippen molar-refractivity contribution in [1.82, 2.24) is 5.43 Å². The Balaban J connectivity index is 1.77. The number of aryl methyl sites for hydroxylation is 1. The van der Waals surface area contributed by atoms with Crippen molar-refractivity contribution in [2.24, 2.45) is 5.10 Å². The lowest BCUT2D eigenvalue weighted by atomic mass is 10.2. The molecule has 2 aromatic carbocycles. The predicted molar refractivity (Wildman–Crippen MR) is 120 cm³/mol. The van der Waals surface area contributed by atoms with Gasteiger partial charge in [-0.05, 0) is 61.9 Å². The molecule has 0 unspecified atom stereocenters. The molecule has 0 radical (unpaired) electrons. The Hall–Kier alpha value is -2.87. The van der Waals surface area contributed by atoms with Gasteiger partial charge in [0.25, 0.3) is 5.91 Å². The number of amides is 2. The molecule has 7 nitrogen and oxygen atoms in total. The minimum atomic E-state index is -0.399. The molecule has 0 saturated carbocycles. The van der Waals surface area contributed by atoms with Crippen LogP contribution < -0.4 is 20.4 Å². The molecule has 2 aromatic rings. The van der Waals surface area contributed by atoms with Crippen molar-refractivity contribution in [3.8, 4) is 5.75 Å². The maximum Gasteiger partial charge on any atom is 0.277 e. The van der Waals surface area contributed by atoms with Gasteiger partial charge >= 0.3 is 0 Å². The number of hydrogen-bond acceptors (Lipinski definition) is 5. The summed E-state index contributed by atoms with van der Waals surface area (Å²) in [6.45, 7) is 3.45. The fourth-order valence-corrected chi connectivity index (χ4v) is 2.61. The molecule has 0 spiro atoms. The van der Waals surface area contributed by atoms with Crippen LogP contribution in [0.4, 0.5) is 11.4 Å². The molecule has 0 bridgehead atoms. The van der Waals surface area contributed by atoms with Crippen molar-refractivity contribution in [3.63, 3.8) is 0 Å². The average molecular weight is 461 g/mol. The molecule has 2 N–H and O–H groups in total. The van der Waals surface area contributed by atoms with E-state index in [1.54, 1.807) is 13.0 Å². The number of benzene rings is 2. The molecule has 0 aromatic heterocycles. The Labute approximate surface area is 179 Å². The molecular weight excluding hydrogens is 436 g/mol. The normalized spacial score (nSPS) is 11.0. The molecule has 0 heterocycles. The Morgan fingerprint density at radius 3 is 2.41 bits per heavy atom. The van der Waals surface area contributed by atoms with E-state index in [0.717, 1.165) is 15.7 Å². The zero-order chi connectivity index (χ0) is 21.4. The standard InChI is InChI=1S/C21H25BrN4O3/c1-14-11-18(9-10-19(14)22)29-13-21(28)25-24-15(2)12-20(27)23-16-5-7-17(8-6-16)26(3)4/h5-11H,12-13H2,1-4H3,(H,23,27)(H,25,28)/b24-15+. The van der Waals surface area contributed by atoms with Crippen molar-refractivity contribution >= 4 is 44.8 Å². The minimum absolute atomic E-state index is 0.0719. The van der Waals surface area contributed by atoms with Crippen LogP contribution in [0.5, 0.6) is 5.75 Å². The van der Waals surface area contributed by atoms with Crippen molar-refractivity contribution in [2.75, 3.05) is 30.9 Å². The highest BCUT2D eigenvalue weighted by Gasteiger charge is 2.07. The molecule has 154 valence electrons. The van der Waals surface area contributed by atoms with Gasteiger partial charge in [0.2, 0.25) is 5.91 Å². The molecule has 0 aliphatic carbocycles. The van der Waals surface area contributed by atoms with Crippen LogP contribution in [0.3, 0.4) is 0 Å². The highest BCUT2D eigenvalue weighted by molar-refractivity contribution is 9.10. The summed E-state index contributed by atoms with van der Waals surface area (Å²) < 4.78 is 6.41. The molecule has 8 heteroatoms. The zero-order valence-corrected chi connectivity index (χ0v) is 18.5. The summed E-state index contributed by atoms with van der Waals surface area (Å²) in [5.41, 5.74) is 5.65. The highest BCUT2D eigenvalue weighted by Crippen LogP contribution is 2.21. The van der Waals surface area contributed by atoms with Gasteiger partial charge in [-0.2, -0.15) is 5.10 Å². The van der Waals surface area contributed by atoms with E-state index < -0.39 is 5.91 Å². The van der Waals surface area contributed by atoms with Crippen LogP contribution in [-0.4, -0.2) is 38.2 Å². The second kappa shape index (κ2) is 10.6. The molecule has 0 atom stereocenters. The number of carbonyl (C=O) groups excluding carboxylic acids is 2. The maximum atomic E-state index is 12.1. The summed E-state index contributed by atoms with van der Waals surface area (Å²) >= 11 is 3.41. The third-order valence-electron chi connectivity index (χ3n) is 3.95. The number of carbonyl (C=O) groups is 2. The largest absolute Gasteiger partial charge is 0.484 e. The van der Waals surface area contributed by atoms with Gasteiger partial charge < -0.3 is 15.0 Å². The third-order valence-corrected chi connectivity index (χ3v) is 4.84. The van der Waals surface area contributed by atoms with E-state index in [1.165, 1.54) is 0 Å². The second-order valence-electron chi connectivity index (χ2n) is 6.75. The summed E-state index contributed by atoms with van der Waals surface area (Å²) in [6.07, 6.45) is 0.0719. The van der Waals surface area contributed by atoms with E-state index in [-0.39, 0.29) is 18.9 Å². The lowest BCUT2D eigenvalue weighted by Gasteiger charge is -2.13. The predicted octanol–water partition coefficient (Wildman–Crippen LogP) is 3.72. The van der Waals surface area contributed by atoms with Crippen molar-refractivity contribution in [3.05, 3.63) is 52.5 Å². The van der Waals surface area contributed by atoms with Gasteiger partial charge in [-0.15, -0.1) is 0 Å². The number of nitrogens with one attached hydrogen (secondary N) is 2. The van der Waals surface area contributed by atoms with Crippen LogP contribution >= 0.6 is 15.9 Å². The lowest BCUT2D eigenvalue weighted by molar-refractivity contribution is -0.123. The first-order valence-corrected chi connectivity index (χ1v) is 9.82. The van der Waals surface area contributed by atoms with Crippen LogP contribution in [0.15, 0.2) is 52.0 Å². The quantitative estimate of drug-likeness (QED) is 0.464. The minimum Gasteiger partial charge on any atom is -0.484 e. The van der Waals surface area contributed by atoms with Crippen LogP contribution in [0, 0.1) is 6.92 Å². The van der Waals surface area contributed by atoms with Crippen LogP contribution in [0.2, 0.25) is 0 Å². The molecule has 29 heavy (non-hydrogen) atoms. The Morgan fingerprint density at radius 2 is 1.79 bits per heavy atom. The van der Waals surface area contributed by atoms with Crippen LogP contribution in [-0.2, 0) is 9.59 Å². The van der Waals surface area contributed by atoms with E-state index in [9.17, 15) is 9.59 Å². The Morgan fingerprint density at radius 1 is 1.10 bits per heavy atom. The summed E-state index contributed by atoms with van der Waals surface area (Å²) in [5.74, 6) is -0.00879. The molecule has 0 saturated heterocycles. The summed E-state index contributed by atoms with van der Waals surface area (Å²) in [6, 6.07) is 13.0. The average Bonchev–Trinajstić information content (AvgIpc) is 2.67. The monoisotopic (exact) mass is 460 g/mol. The van der Waals surface area contributed by atoms with Crippen molar-refractivity contribution in [2.45, 2.75) is 20.3 Å². The van der Waals surface area contributed by atoms with Crippen molar-refractivity contribution < 1.29 is 14.3 Å². The number of halogens is 1. The number of nitrogens with zero attached hydrogens (tertiary/aromatic N) is 2. The van der Waals surface area contributed by atoms with Gasteiger partial charge in [-0.25, -0.2) is 5.43 Å². The SMILES string of the molecule is C/C(CC(=O)Nc1ccc(N(C)C)cc1)=N\NC(=O)COc1ccc(Br)c(C)c1. The topological polar surface area (TPSA) is 83.0 Å². The number of hydrogen-bond donors (Lipinski definition) is 2. The molecule has 0 aliphatic rings. The molecular formula is C21H25BrN4O3. The van der Waals surface area contributed by atoms with E-state index in [2.05, 4.69) is 31.8 Å². The van der Waals surface area contributed by atoms with Gasteiger partial charge in [0.15, 0.2) is 6.61 Å². The molecule has 2 amide bonds. The first kappa shape index (κ1) is 22.4. The molecule has 2 rings (SSSR count). The number of anilines is 2.